The number of rotatable bonds is 2. The average Bonchev–Trinajstić information content (AvgIpc) is 2.68. The number of carbonyl (C=O) groups is 1. The van der Waals surface area contributed by atoms with Crippen LogP contribution in [-0.2, 0) is 4.79 Å². The Labute approximate surface area is 98.0 Å². The Bertz CT molecular complexity index is 211. The second-order valence-corrected chi connectivity index (χ2v) is 4.70. The third-order valence-corrected chi connectivity index (χ3v) is 3.14. The Balaban J connectivity index is 0.000000386. The lowest BCUT2D eigenvalue weighted by Crippen LogP contribution is -2.54. The van der Waals surface area contributed by atoms with Crippen LogP contribution in [0.25, 0.3) is 0 Å². The zero-order valence-corrected chi connectivity index (χ0v) is 10.4. The highest BCUT2D eigenvalue weighted by atomic mass is 16.3. The minimum Gasteiger partial charge on any atom is -0.391 e. The van der Waals surface area contributed by atoms with E-state index in [0.717, 1.165) is 25.9 Å². The maximum Gasteiger partial charge on any atom is 0.207 e. The van der Waals surface area contributed by atoms with Crippen molar-refractivity contribution in [3.8, 4) is 0 Å². The van der Waals surface area contributed by atoms with Gasteiger partial charge in [-0.05, 0) is 25.8 Å². The van der Waals surface area contributed by atoms with Gasteiger partial charge < -0.3 is 10.4 Å². The van der Waals surface area contributed by atoms with Gasteiger partial charge in [-0.1, -0.05) is 20.3 Å². The number of hydrogen-bond donors (Lipinski definition) is 2. The fourth-order valence-corrected chi connectivity index (χ4v) is 2.54. The minimum absolute atomic E-state index is 0.141. The van der Waals surface area contributed by atoms with Crippen molar-refractivity contribution in [1.82, 2.24) is 10.2 Å². The molecule has 3 unspecified atom stereocenters. The molecule has 0 aromatic rings. The Kier molecular flexibility index (Phi) is 5.77. The molecular formula is C12H24N2O2. The standard InChI is InChI=1S/C9H16N2O2.C3H8/c12-6-10-7-4-9(13)8-2-1-3-11(8)5-7;1-3-2/h6-9,13H,1-5H2,(H,10,12);3H2,1-2H3. The second-order valence-electron chi connectivity index (χ2n) is 4.70. The van der Waals surface area contributed by atoms with Crippen molar-refractivity contribution >= 4 is 6.41 Å². The summed E-state index contributed by atoms with van der Waals surface area (Å²) in [5.41, 5.74) is 0. The average molecular weight is 228 g/mol. The third kappa shape index (κ3) is 3.46. The number of fused-ring (bicyclic) bond motifs is 1. The molecule has 1 amide bonds. The first-order valence-electron chi connectivity index (χ1n) is 6.34. The minimum atomic E-state index is -0.256. The van der Waals surface area contributed by atoms with E-state index in [1.54, 1.807) is 0 Å². The van der Waals surface area contributed by atoms with Crippen molar-refractivity contribution in [2.24, 2.45) is 0 Å². The molecule has 2 aliphatic rings. The molecular weight excluding hydrogens is 204 g/mol. The summed E-state index contributed by atoms with van der Waals surface area (Å²) in [5.74, 6) is 0. The summed E-state index contributed by atoms with van der Waals surface area (Å²) < 4.78 is 0. The fourth-order valence-electron chi connectivity index (χ4n) is 2.54. The molecule has 94 valence electrons. The fraction of sp³-hybridized carbons (Fsp3) is 0.917. The highest BCUT2D eigenvalue weighted by molar-refractivity contribution is 5.46. The number of aliphatic hydroxyl groups excluding tert-OH is 1. The smallest absolute Gasteiger partial charge is 0.207 e. The van der Waals surface area contributed by atoms with E-state index in [1.165, 1.54) is 12.8 Å². The van der Waals surface area contributed by atoms with Crippen LogP contribution in [0, 0.1) is 0 Å². The van der Waals surface area contributed by atoms with Crippen molar-refractivity contribution in [3.05, 3.63) is 0 Å². The Morgan fingerprint density at radius 1 is 1.50 bits per heavy atom. The number of aliphatic hydroxyl groups is 1. The van der Waals surface area contributed by atoms with Crippen molar-refractivity contribution < 1.29 is 9.90 Å². The molecule has 0 aromatic heterocycles. The molecule has 2 saturated heterocycles. The first-order chi connectivity index (χ1) is 7.72. The molecule has 4 heteroatoms. The SMILES string of the molecule is CCC.O=CNC1CC(O)C2CCCN2C1. The monoisotopic (exact) mass is 228 g/mol. The van der Waals surface area contributed by atoms with Gasteiger partial charge in [0.1, 0.15) is 0 Å². The quantitative estimate of drug-likeness (QED) is 0.686. The lowest BCUT2D eigenvalue weighted by atomic mass is 9.96. The number of carbonyl (C=O) groups excluding carboxylic acids is 1. The van der Waals surface area contributed by atoms with Crippen LogP contribution >= 0.6 is 0 Å². The summed E-state index contributed by atoms with van der Waals surface area (Å²) >= 11 is 0. The molecule has 0 radical (unpaired) electrons. The molecule has 0 aromatic carbocycles. The third-order valence-electron chi connectivity index (χ3n) is 3.14. The normalized spacial score (nSPS) is 33.6. The second kappa shape index (κ2) is 6.86. The lowest BCUT2D eigenvalue weighted by molar-refractivity contribution is -0.111. The van der Waals surface area contributed by atoms with Crippen molar-refractivity contribution in [2.45, 2.75) is 57.7 Å². The molecule has 3 atom stereocenters. The van der Waals surface area contributed by atoms with E-state index < -0.39 is 0 Å². The van der Waals surface area contributed by atoms with Crippen molar-refractivity contribution in [3.63, 3.8) is 0 Å². The molecule has 4 nitrogen and oxygen atoms in total. The van der Waals surface area contributed by atoms with Crippen molar-refractivity contribution in [2.75, 3.05) is 13.1 Å². The highest BCUT2D eigenvalue weighted by Crippen LogP contribution is 2.26. The predicted molar refractivity (Wildman–Crippen MR) is 64.2 cm³/mol. The van der Waals surface area contributed by atoms with Crippen LogP contribution in [0.1, 0.15) is 39.5 Å². The number of hydrogen-bond acceptors (Lipinski definition) is 3. The van der Waals surface area contributed by atoms with E-state index in [4.69, 9.17) is 0 Å². The van der Waals surface area contributed by atoms with Crippen LogP contribution in [0.2, 0.25) is 0 Å². The van der Waals surface area contributed by atoms with E-state index >= 15 is 0 Å². The van der Waals surface area contributed by atoms with Crippen LogP contribution < -0.4 is 5.32 Å². The molecule has 0 bridgehead atoms. The first kappa shape index (κ1) is 13.5. The molecule has 2 fully saturated rings. The van der Waals surface area contributed by atoms with Gasteiger partial charge in [-0.15, -0.1) is 0 Å². The van der Waals surface area contributed by atoms with Crippen LogP contribution in [-0.4, -0.2) is 47.7 Å². The zero-order valence-electron chi connectivity index (χ0n) is 10.4. The van der Waals surface area contributed by atoms with Gasteiger partial charge in [0.25, 0.3) is 0 Å². The maximum absolute atomic E-state index is 10.3. The Morgan fingerprint density at radius 3 is 2.81 bits per heavy atom. The van der Waals surface area contributed by atoms with Crippen molar-refractivity contribution in [1.29, 1.82) is 0 Å². The molecule has 2 rings (SSSR count). The van der Waals surface area contributed by atoms with Gasteiger partial charge in [0, 0.05) is 18.6 Å². The first-order valence-corrected chi connectivity index (χ1v) is 6.34. The summed E-state index contributed by atoms with van der Waals surface area (Å²) in [6.45, 7) is 6.22. The summed E-state index contributed by atoms with van der Waals surface area (Å²) in [4.78, 5) is 12.5. The maximum atomic E-state index is 10.3. The molecule has 16 heavy (non-hydrogen) atoms. The van der Waals surface area contributed by atoms with E-state index in [2.05, 4.69) is 24.1 Å². The number of nitrogens with one attached hydrogen (secondary N) is 1. The number of amides is 1. The summed E-state index contributed by atoms with van der Waals surface area (Å²) in [5, 5.41) is 12.5. The molecule has 0 aliphatic carbocycles. The van der Waals surface area contributed by atoms with E-state index in [1.807, 2.05) is 0 Å². The van der Waals surface area contributed by atoms with Crippen LogP contribution in [0.4, 0.5) is 0 Å². The van der Waals surface area contributed by atoms with E-state index in [9.17, 15) is 9.90 Å². The summed E-state index contributed by atoms with van der Waals surface area (Å²) in [6.07, 6.45) is 4.71. The van der Waals surface area contributed by atoms with Gasteiger partial charge in [-0.3, -0.25) is 9.69 Å². The van der Waals surface area contributed by atoms with E-state index in [0.29, 0.717) is 12.5 Å². The van der Waals surface area contributed by atoms with Gasteiger partial charge in [-0.2, -0.15) is 0 Å². The van der Waals surface area contributed by atoms with Gasteiger partial charge in [0.2, 0.25) is 6.41 Å². The van der Waals surface area contributed by atoms with Gasteiger partial charge in [0.15, 0.2) is 0 Å². The highest BCUT2D eigenvalue weighted by Gasteiger charge is 2.37. The van der Waals surface area contributed by atoms with Gasteiger partial charge >= 0.3 is 0 Å². The van der Waals surface area contributed by atoms with Gasteiger partial charge in [0.05, 0.1) is 6.10 Å². The van der Waals surface area contributed by atoms with Gasteiger partial charge in [-0.25, -0.2) is 0 Å². The van der Waals surface area contributed by atoms with Crippen LogP contribution in [0.15, 0.2) is 0 Å². The zero-order chi connectivity index (χ0) is 12.0. The van der Waals surface area contributed by atoms with Crippen LogP contribution in [0.5, 0.6) is 0 Å². The molecule has 2 aliphatic heterocycles. The molecule has 2 N–H and O–H groups in total. The largest absolute Gasteiger partial charge is 0.391 e. The molecule has 2 heterocycles. The Hall–Kier alpha value is -0.610. The van der Waals surface area contributed by atoms with E-state index in [-0.39, 0.29) is 12.1 Å². The summed E-state index contributed by atoms with van der Waals surface area (Å²) in [7, 11) is 0. The topological polar surface area (TPSA) is 52.6 Å². The Morgan fingerprint density at radius 2 is 2.19 bits per heavy atom. The molecule has 0 saturated carbocycles. The lowest BCUT2D eigenvalue weighted by Gasteiger charge is -2.38. The van der Waals surface area contributed by atoms with Crippen LogP contribution in [0.3, 0.4) is 0 Å². The number of nitrogens with zero attached hydrogens (tertiary/aromatic N) is 1. The predicted octanol–water partition coefficient (Wildman–Crippen LogP) is 0.746. The summed E-state index contributed by atoms with van der Waals surface area (Å²) in [6, 6.07) is 0.492. The number of piperidine rings is 1. The molecule has 0 spiro atoms.